The number of aromatic nitrogens is 2. The SMILES string of the molecule is C.Fc1ccc(-c2[nH]c3c(F)cc(F)cc3c2C2CC(CBr)C2)cc1.NC(=O)CNCC1CC(c2c(-c3ccc(F)cc3)[nH]c3c(F)cc(F)cc23)C1.NCC(N)=O.O=CO[O-].S=S=S=S=S=S=S=S=S=S=S=S=S=S.[H-].[K+].[K+]. The fraction of sp³-hybridized carbons (Fsp3) is 0.295. The van der Waals surface area contributed by atoms with Gasteiger partial charge in [0, 0.05) is 157 Å². The molecule has 8 rings (SSSR count). The maximum Gasteiger partial charge on any atom is 1.00 e. The van der Waals surface area contributed by atoms with Crippen LogP contribution in [0.5, 0.6) is 0 Å². The Morgan fingerprint density at radius 1 is 0.654 bits per heavy atom. The summed E-state index contributed by atoms with van der Waals surface area (Å²) in [6.07, 6.45) is 3.60. The Labute approximate surface area is 585 Å². The Morgan fingerprint density at radius 3 is 1.31 bits per heavy atom. The number of hydrogen-bond acceptors (Lipinski definition) is 9. The molecule has 0 atom stereocenters. The molecule has 2 amide bonds. The number of carbonyl (C=O) groups is 3. The molecule has 78 heavy (non-hydrogen) atoms. The van der Waals surface area contributed by atoms with Crippen molar-refractivity contribution in [3.05, 3.63) is 119 Å². The van der Waals surface area contributed by atoms with Crippen molar-refractivity contribution in [2.75, 3.05) is 25.0 Å². The number of halogens is 7. The second-order valence-corrected chi connectivity index (χ2v) is 37.3. The van der Waals surface area contributed by atoms with Gasteiger partial charge >= 0.3 is 103 Å². The fourth-order valence-corrected chi connectivity index (χ4v) is 35.7. The van der Waals surface area contributed by atoms with Crippen LogP contribution in [0.1, 0.15) is 57.5 Å². The van der Waals surface area contributed by atoms with E-state index in [1.54, 1.807) is 113 Å². The van der Waals surface area contributed by atoms with Gasteiger partial charge in [-0.2, -0.15) is 0 Å². The van der Waals surface area contributed by atoms with Crippen LogP contribution in [0.4, 0.5) is 26.3 Å². The van der Waals surface area contributed by atoms with Crippen LogP contribution < -0.4 is 131 Å². The van der Waals surface area contributed by atoms with Crippen molar-refractivity contribution in [1.82, 2.24) is 15.3 Å². The van der Waals surface area contributed by atoms with E-state index in [2.05, 4.69) is 41.8 Å². The Bertz CT molecular complexity index is 3480. The van der Waals surface area contributed by atoms with Crippen molar-refractivity contribution in [1.29, 1.82) is 0 Å². The van der Waals surface area contributed by atoms with E-state index in [1.807, 2.05) is 0 Å². The van der Waals surface area contributed by atoms with Gasteiger partial charge in [-0.1, -0.05) is 23.4 Å². The third-order valence-electron chi connectivity index (χ3n) is 10.8. The zero-order valence-electron chi connectivity index (χ0n) is 41.1. The van der Waals surface area contributed by atoms with E-state index in [-0.39, 0.29) is 160 Å². The quantitative estimate of drug-likeness (QED) is 0.0278. The van der Waals surface area contributed by atoms with Crippen LogP contribution in [0.3, 0.4) is 0 Å². The third-order valence-corrected chi connectivity index (χ3v) is 36.1. The van der Waals surface area contributed by atoms with E-state index in [0.717, 1.165) is 71.1 Å². The molecule has 2 aliphatic rings. The number of fused-ring (bicyclic) bond motifs is 2. The zero-order valence-corrected chi connectivity index (χ0v) is 59.4. The second kappa shape index (κ2) is 42.5. The molecule has 0 radical (unpaired) electrons. The van der Waals surface area contributed by atoms with Crippen LogP contribution in [-0.2, 0) is 148 Å². The molecule has 11 nitrogen and oxygen atoms in total. The summed E-state index contributed by atoms with van der Waals surface area (Å²) in [5.74, 6) is -2.70. The predicted octanol–water partition coefficient (Wildman–Crippen LogP) is 1.55. The average molecular weight is 1460 g/mol. The molecule has 0 aliphatic heterocycles. The van der Waals surface area contributed by atoms with Crippen LogP contribution in [0.2, 0.25) is 0 Å². The third kappa shape index (κ3) is 25.7. The van der Waals surface area contributed by atoms with Gasteiger partial charge in [0.05, 0.1) is 35.5 Å². The first-order valence-electron chi connectivity index (χ1n) is 21.1. The van der Waals surface area contributed by atoms with Crippen LogP contribution in [0, 0.1) is 46.7 Å². The minimum absolute atomic E-state index is 0. The van der Waals surface area contributed by atoms with Crippen molar-refractivity contribution in [3.8, 4) is 22.5 Å². The molecule has 418 valence electrons. The molecule has 9 N–H and O–H groups in total. The maximum absolute atomic E-state index is 14.3. The first-order valence-corrected chi connectivity index (χ1v) is 39.6. The summed E-state index contributed by atoms with van der Waals surface area (Å²) in [5, 5.41) is 13.5. The first-order chi connectivity index (χ1) is 36.1. The number of primary amides is 2. The summed E-state index contributed by atoms with van der Waals surface area (Å²) in [4.78, 5) is 37.7. The van der Waals surface area contributed by atoms with E-state index < -0.39 is 35.1 Å². The van der Waals surface area contributed by atoms with E-state index in [0.29, 0.717) is 40.4 Å². The number of benzene rings is 4. The molecule has 4 aromatic carbocycles. The van der Waals surface area contributed by atoms with Gasteiger partial charge in [-0.15, -0.1) is 0 Å². The molecule has 6 aromatic rings. The van der Waals surface area contributed by atoms with Gasteiger partial charge in [-0.3, -0.25) is 14.4 Å². The Balaban J connectivity index is 0.00000109. The van der Waals surface area contributed by atoms with Gasteiger partial charge in [-0.05, 0) is 139 Å². The topological polar surface area (TPSA) is 205 Å². The smallest absolute Gasteiger partial charge is 1.00 e. The van der Waals surface area contributed by atoms with Crippen LogP contribution in [0.15, 0.2) is 72.8 Å². The van der Waals surface area contributed by atoms with E-state index in [4.69, 9.17) is 43.9 Å². The number of hydrogen-bond donors (Lipinski definition) is 6. The second-order valence-electron chi connectivity index (χ2n) is 15.5. The summed E-state index contributed by atoms with van der Waals surface area (Å²) in [7, 11) is 19.9. The average Bonchev–Trinajstić information content (AvgIpc) is 3.93. The minimum Gasteiger partial charge on any atom is -1.00 e. The number of rotatable bonds is 11. The molecular formula is C44H47BrF6K2N6O5S14. The number of aromatic amines is 2. The molecule has 2 aliphatic carbocycles. The number of H-pyrrole nitrogens is 2. The molecule has 2 fully saturated rings. The van der Waals surface area contributed by atoms with Crippen molar-refractivity contribution >= 4 is 185 Å². The molecule has 0 saturated heterocycles. The molecule has 0 unspecified atom stereocenters. The zero-order chi connectivity index (χ0) is 54.9. The van der Waals surface area contributed by atoms with Gasteiger partial charge in [0.15, 0.2) is 0 Å². The largest absolute Gasteiger partial charge is 1.00 e. The molecule has 0 bridgehead atoms. The van der Waals surface area contributed by atoms with E-state index in [1.165, 1.54) is 54.2 Å². The monoisotopic (exact) mass is 1460 g/mol. The Morgan fingerprint density at radius 2 is 1.00 bits per heavy atom. The fourth-order valence-electron chi connectivity index (χ4n) is 7.77. The van der Waals surface area contributed by atoms with Gasteiger partial charge < -0.3 is 44.1 Å². The van der Waals surface area contributed by atoms with E-state index >= 15 is 0 Å². The van der Waals surface area contributed by atoms with Gasteiger partial charge in [0.2, 0.25) is 11.8 Å². The Hall–Kier alpha value is 0.663. The van der Waals surface area contributed by atoms with Crippen LogP contribution in [0.25, 0.3) is 44.3 Å². The molecule has 34 heteroatoms. The van der Waals surface area contributed by atoms with Gasteiger partial charge in [0.1, 0.15) is 34.9 Å². The summed E-state index contributed by atoms with van der Waals surface area (Å²) in [6.45, 7) is 0.557. The van der Waals surface area contributed by atoms with Crippen molar-refractivity contribution in [2.45, 2.75) is 44.9 Å². The van der Waals surface area contributed by atoms with E-state index in [9.17, 15) is 35.9 Å². The molecule has 0 spiro atoms. The Kier molecular flexibility index (Phi) is 41.8. The summed E-state index contributed by atoms with van der Waals surface area (Å²) in [5.41, 5.74) is 19.7. The minimum atomic E-state index is -0.649. The maximum atomic E-state index is 14.3. The van der Waals surface area contributed by atoms with Gasteiger partial charge in [-0.25, -0.2) is 26.3 Å². The normalized spacial score (nSPS) is 15.1. The van der Waals surface area contributed by atoms with Crippen LogP contribution >= 0.6 is 15.9 Å². The predicted molar refractivity (Wildman–Crippen MR) is 330 cm³/mol. The first kappa shape index (κ1) is 76.7. The van der Waals surface area contributed by atoms with Crippen LogP contribution in [-0.4, -0.2) is 53.2 Å². The summed E-state index contributed by atoms with van der Waals surface area (Å²) >= 11 is 12.9. The molecular weight excluding hydrogens is 1410 g/mol. The molecule has 2 saturated carbocycles. The summed E-state index contributed by atoms with van der Waals surface area (Å²) in [6, 6.07) is 16.5. The standard InChI is InChI=1S/C21H20F3N3O.C19H15BrF3N.C2H6N2O.CH2O3.CH4.2K.S14.H/c22-14-3-1-12(2-4-14)20-19(13-5-11(6-13)9-26-10-18(25)28)16-7-15(23)8-17(24)21(16)27-20;20-9-10-5-12(6-10)17-15-7-14(22)8-16(23)19(15)24-18(17)11-1-3-13(21)4-2-11;3-1-2(4)5;2-1-4-3;;;;1-3-5-7-9-11-13-14-12-10-8-6-4-2;/h1-4,7-8,11,13,26-27H,5-6,9-10H2,(H2,25,28);1-4,7-8,10,12,24H,5-6,9H2;1,3H2,(H2,4,5);1,3H;1H4;;;;/q;;;;;2*+1;;-1/p-1. The number of alkyl halides is 1. The number of carbonyl (C=O) groups excluding carboxylic acids is 3. The number of amides is 2. The van der Waals surface area contributed by atoms with Crippen molar-refractivity contribution in [3.63, 3.8) is 0 Å². The number of nitrogens with two attached hydrogens (primary N) is 3. The summed E-state index contributed by atoms with van der Waals surface area (Å²) < 4.78 is 82.8. The number of nitrogens with one attached hydrogen (secondary N) is 3. The van der Waals surface area contributed by atoms with Gasteiger partial charge in [0.25, 0.3) is 6.47 Å². The molecule has 2 heterocycles. The van der Waals surface area contributed by atoms with Crippen molar-refractivity contribution in [2.24, 2.45) is 29.0 Å². The molecule has 2 aromatic heterocycles. The van der Waals surface area contributed by atoms with Crippen molar-refractivity contribution < 1.29 is 155 Å².